The van der Waals surface area contributed by atoms with Crippen LogP contribution in [0.1, 0.15) is 12.5 Å². The van der Waals surface area contributed by atoms with Crippen molar-refractivity contribution >= 4 is 0 Å². The van der Waals surface area contributed by atoms with Crippen molar-refractivity contribution < 1.29 is 9.13 Å². The van der Waals surface area contributed by atoms with Crippen molar-refractivity contribution in [3.8, 4) is 11.8 Å². The summed E-state index contributed by atoms with van der Waals surface area (Å²) in [6, 6.07) is 6.43. The number of nitrogens with two attached hydrogens (primary N) is 1. The summed E-state index contributed by atoms with van der Waals surface area (Å²) >= 11 is 0. The largest absolute Gasteiger partial charge is 0.476 e. The summed E-state index contributed by atoms with van der Waals surface area (Å²) in [6.45, 7) is 1.71. The van der Waals surface area contributed by atoms with Crippen molar-refractivity contribution in [2.45, 2.75) is 19.4 Å². The maximum Gasteiger partial charge on any atom is 0.174 e. The first kappa shape index (κ1) is 11.5. The minimum Gasteiger partial charge on any atom is -0.476 e. The topological polar surface area (TPSA) is 59.0 Å². The Kier molecular flexibility index (Phi) is 4.07. The second-order valence-corrected chi connectivity index (χ2v) is 3.39. The lowest BCUT2D eigenvalue weighted by Gasteiger charge is -2.07. The molecule has 0 saturated heterocycles. The van der Waals surface area contributed by atoms with E-state index in [4.69, 9.17) is 15.7 Å². The molecule has 0 aliphatic heterocycles. The quantitative estimate of drug-likeness (QED) is 0.817. The van der Waals surface area contributed by atoms with Crippen molar-refractivity contribution in [1.82, 2.24) is 0 Å². The number of hydrogen-bond acceptors (Lipinski definition) is 3. The smallest absolute Gasteiger partial charge is 0.174 e. The van der Waals surface area contributed by atoms with Gasteiger partial charge in [0.05, 0.1) is 0 Å². The van der Waals surface area contributed by atoms with Gasteiger partial charge in [-0.2, -0.15) is 5.26 Å². The lowest BCUT2D eigenvalue weighted by atomic mass is 10.1. The Balaban J connectivity index is 2.75. The van der Waals surface area contributed by atoms with Gasteiger partial charge in [0.2, 0.25) is 0 Å². The van der Waals surface area contributed by atoms with E-state index in [1.165, 1.54) is 12.1 Å². The molecule has 0 spiro atoms. The minimum absolute atomic E-state index is 0.00437. The molecule has 80 valence electrons. The number of rotatable bonds is 4. The Hall–Kier alpha value is -1.60. The van der Waals surface area contributed by atoms with E-state index in [-0.39, 0.29) is 18.4 Å². The number of nitrogens with zero attached hydrogens (tertiary/aromatic N) is 1. The van der Waals surface area contributed by atoms with Crippen LogP contribution in [0, 0.1) is 17.1 Å². The maximum absolute atomic E-state index is 13.3. The molecule has 15 heavy (non-hydrogen) atoms. The molecule has 1 aromatic rings. The molecule has 1 aromatic carbocycles. The maximum atomic E-state index is 13.3. The molecule has 0 saturated carbocycles. The van der Waals surface area contributed by atoms with Crippen LogP contribution in [0.3, 0.4) is 0 Å². The number of hydrogen-bond donors (Lipinski definition) is 1. The predicted molar refractivity (Wildman–Crippen MR) is 54.9 cm³/mol. The highest BCUT2D eigenvalue weighted by Gasteiger charge is 2.05. The molecule has 2 N–H and O–H groups in total. The Morgan fingerprint density at radius 3 is 2.87 bits per heavy atom. The van der Waals surface area contributed by atoms with Crippen LogP contribution < -0.4 is 10.5 Å². The molecule has 1 atom stereocenters. The molecule has 0 radical (unpaired) electrons. The molecule has 0 aromatic heterocycles. The summed E-state index contributed by atoms with van der Waals surface area (Å²) in [7, 11) is 0. The molecular weight excluding hydrogens is 195 g/mol. The molecule has 4 heteroatoms. The first-order valence-electron chi connectivity index (χ1n) is 4.67. The normalized spacial score (nSPS) is 11.9. The first-order chi connectivity index (χ1) is 7.13. The SMILES string of the molecule is CC(N)Cc1ccc(OCC#N)c(F)c1. The summed E-state index contributed by atoms with van der Waals surface area (Å²) in [5.74, 6) is -0.353. The minimum atomic E-state index is -0.455. The van der Waals surface area contributed by atoms with Gasteiger partial charge in [0.15, 0.2) is 18.2 Å². The van der Waals surface area contributed by atoms with E-state index in [1.807, 2.05) is 6.92 Å². The van der Waals surface area contributed by atoms with Crippen LogP contribution in [0.15, 0.2) is 18.2 Å². The van der Waals surface area contributed by atoms with Gasteiger partial charge in [0, 0.05) is 6.04 Å². The summed E-state index contributed by atoms with van der Waals surface area (Å²) < 4.78 is 18.2. The highest BCUT2D eigenvalue weighted by Crippen LogP contribution is 2.18. The fourth-order valence-electron chi connectivity index (χ4n) is 1.27. The zero-order chi connectivity index (χ0) is 11.3. The van der Waals surface area contributed by atoms with Gasteiger partial charge in [-0.15, -0.1) is 0 Å². The van der Waals surface area contributed by atoms with Crippen LogP contribution in [0.4, 0.5) is 4.39 Å². The average Bonchev–Trinajstić information content (AvgIpc) is 2.15. The van der Waals surface area contributed by atoms with Crippen LogP contribution in [-0.4, -0.2) is 12.6 Å². The van der Waals surface area contributed by atoms with Crippen molar-refractivity contribution in [3.63, 3.8) is 0 Å². The third-order valence-corrected chi connectivity index (χ3v) is 1.85. The van der Waals surface area contributed by atoms with Gasteiger partial charge >= 0.3 is 0 Å². The van der Waals surface area contributed by atoms with Gasteiger partial charge in [-0.1, -0.05) is 6.07 Å². The second-order valence-electron chi connectivity index (χ2n) is 3.39. The van der Waals surface area contributed by atoms with Gasteiger partial charge in [-0.3, -0.25) is 0 Å². The number of benzene rings is 1. The zero-order valence-corrected chi connectivity index (χ0v) is 8.53. The number of ether oxygens (including phenoxy) is 1. The molecule has 0 aliphatic carbocycles. The lowest BCUT2D eigenvalue weighted by Crippen LogP contribution is -2.17. The van der Waals surface area contributed by atoms with Gasteiger partial charge in [-0.25, -0.2) is 4.39 Å². The van der Waals surface area contributed by atoms with E-state index in [0.717, 1.165) is 5.56 Å². The summed E-state index contributed by atoms with van der Waals surface area (Å²) in [6.07, 6.45) is 0.620. The van der Waals surface area contributed by atoms with Crippen LogP contribution >= 0.6 is 0 Å². The summed E-state index contributed by atoms with van der Waals surface area (Å²) in [4.78, 5) is 0. The first-order valence-corrected chi connectivity index (χ1v) is 4.67. The fourth-order valence-corrected chi connectivity index (χ4v) is 1.27. The molecule has 0 amide bonds. The standard InChI is InChI=1S/C11H13FN2O/c1-8(14)6-9-2-3-11(10(12)7-9)15-5-4-13/h2-3,7-8H,5-6,14H2,1H3. The fraction of sp³-hybridized carbons (Fsp3) is 0.364. The van der Waals surface area contributed by atoms with Crippen molar-refractivity contribution in [3.05, 3.63) is 29.6 Å². The number of nitriles is 1. The molecule has 1 rings (SSSR count). The number of halogens is 1. The Labute approximate surface area is 88.3 Å². The van der Waals surface area contributed by atoms with E-state index in [0.29, 0.717) is 6.42 Å². The van der Waals surface area contributed by atoms with E-state index in [9.17, 15) is 4.39 Å². The molecular formula is C11H13FN2O. The lowest BCUT2D eigenvalue weighted by molar-refractivity contribution is 0.346. The van der Waals surface area contributed by atoms with Crippen molar-refractivity contribution in [2.24, 2.45) is 5.73 Å². The van der Waals surface area contributed by atoms with E-state index in [2.05, 4.69) is 0 Å². The van der Waals surface area contributed by atoms with Crippen LogP contribution in [-0.2, 0) is 6.42 Å². The van der Waals surface area contributed by atoms with Crippen molar-refractivity contribution in [1.29, 1.82) is 5.26 Å². The van der Waals surface area contributed by atoms with Gasteiger partial charge in [0.25, 0.3) is 0 Å². The third kappa shape index (κ3) is 3.56. The Morgan fingerprint density at radius 2 is 2.33 bits per heavy atom. The molecule has 0 fully saturated rings. The zero-order valence-electron chi connectivity index (χ0n) is 8.53. The van der Waals surface area contributed by atoms with Crippen molar-refractivity contribution in [2.75, 3.05) is 6.61 Å². The van der Waals surface area contributed by atoms with Gasteiger partial charge in [-0.05, 0) is 31.0 Å². The van der Waals surface area contributed by atoms with Gasteiger partial charge < -0.3 is 10.5 Å². The molecule has 1 unspecified atom stereocenters. The average molecular weight is 208 g/mol. The third-order valence-electron chi connectivity index (χ3n) is 1.85. The Bertz CT molecular complexity index is 371. The predicted octanol–water partition coefficient (Wildman–Crippen LogP) is 1.62. The Morgan fingerprint density at radius 1 is 1.60 bits per heavy atom. The van der Waals surface area contributed by atoms with E-state index < -0.39 is 5.82 Å². The van der Waals surface area contributed by atoms with Crippen LogP contribution in [0.5, 0.6) is 5.75 Å². The molecule has 3 nitrogen and oxygen atoms in total. The second kappa shape index (κ2) is 5.32. The van der Waals surface area contributed by atoms with E-state index in [1.54, 1.807) is 12.1 Å². The highest BCUT2D eigenvalue weighted by atomic mass is 19.1. The molecule has 0 aliphatic rings. The molecule has 0 bridgehead atoms. The van der Waals surface area contributed by atoms with Crippen LogP contribution in [0.2, 0.25) is 0 Å². The van der Waals surface area contributed by atoms with Crippen LogP contribution in [0.25, 0.3) is 0 Å². The van der Waals surface area contributed by atoms with E-state index >= 15 is 0 Å². The monoisotopic (exact) mass is 208 g/mol. The summed E-state index contributed by atoms with van der Waals surface area (Å²) in [5.41, 5.74) is 6.42. The summed E-state index contributed by atoms with van der Waals surface area (Å²) in [5, 5.41) is 8.28. The highest BCUT2D eigenvalue weighted by molar-refractivity contribution is 5.30. The molecule has 0 heterocycles. The van der Waals surface area contributed by atoms with Gasteiger partial charge in [0.1, 0.15) is 6.07 Å².